The maximum Gasteiger partial charge on any atom is 0.236 e. The molecule has 0 aromatic rings. The van der Waals surface area contributed by atoms with Gasteiger partial charge in [-0.15, -0.1) is 0 Å². The number of amides is 1. The van der Waals surface area contributed by atoms with Crippen LogP contribution in [0.3, 0.4) is 0 Å². The van der Waals surface area contributed by atoms with E-state index in [2.05, 4.69) is 36.7 Å². The number of carbonyl (C=O) groups is 1. The third kappa shape index (κ3) is 3.22. The van der Waals surface area contributed by atoms with Crippen LogP contribution in [0.25, 0.3) is 0 Å². The first kappa shape index (κ1) is 14.0. The molecule has 3 atom stereocenters. The lowest BCUT2D eigenvalue weighted by molar-refractivity contribution is -0.133. The summed E-state index contributed by atoms with van der Waals surface area (Å²) in [6.45, 7) is 6.43. The lowest BCUT2D eigenvalue weighted by Crippen LogP contribution is -2.46. The smallest absolute Gasteiger partial charge is 0.236 e. The van der Waals surface area contributed by atoms with E-state index < -0.39 is 0 Å². The predicted octanol–water partition coefficient (Wildman–Crippen LogP) is 3.44. The van der Waals surface area contributed by atoms with Crippen molar-refractivity contribution in [2.45, 2.75) is 57.3 Å². The number of alkyl halides is 1. The van der Waals surface area contributed by atoms with Gasteiger partial charge in [0.05, 0.1) is 4.83 Å². The Balaban J connectivity index is 2.61. The third-order valence-electron chi connectivity index (χ3n) is 3.73. The van der Waals surface area contributed by atoms with E-state index in [-0.39, 0.29) is 10.7 Å². The Morgan fingerprint density at radius 2 is 1.88 bits per heavy atom. The fourth-order valence-electron chi connectivity index (χ4n) is 2.52. The molecule has 0 radical (unpaired) electrons. The maximum absolute atomic E-state index is 12.2. The lowest BCUT2D eigenvalue weighted by atomic mass is 9.85. The van der Waals surface area contributed by atoms with Gasteiger partial charge in [0.2, 0.25) is 5.91 Å². The summed E-state index contributed by atoms with van der Waals surface area (Å²) >= 11 is 3.50. The summed E-state index contributed by atoms with van der Waals surface area (Å²) in [5.74, 6) is 1.25. The van der Waals surface area contributed by atoms with Gasteiger partial charge < -0.3 is 4.90 Å². The van der Waals surface area contributed by atoms with Crippen molar-refractivity contribution < 1.29 is 4.79 Å². The van der Waals surface area contributed by atoms with Crippen molar-refractivity contribution in [3.05, 3.63) is 0 Å². The van der Waals surface area contributed by atoms with Crippen molar-refractivity contribution >= 4 is 21.8 Å². The van der Waals surface area contributed by atoms with Gasteiger partial charge in [-0.25, -0.2) is 0 Å². The summed E-state index contributed by atoms with van der Waals surface area (Å²) in [6.07, 6.45) is 5.01. The summed E-state index contributed by atoms with van der Waals surface area (Å²) in [5.41, 5.74) is 0. The minimum absolute atomic E-state index is 0.0355. The van der Waals surface area contributed by atoms with Crippen molar-refractivity contribution in [1.29, 1.82) is 0 Å². The average Bonchev–Trinajstić information content (AvgIpc) is 2.26. The van der Waals surface area contributed by atoms with Gasteiger partial charge in [-0.05, 0) is 24.7 Å². The van der Waals surface area contributed by atoms with Crippen LogP contribution in [0.5, 0.6) is 0 Å². The minimum Gasteiger partial charge on any atom is -0.342 e. The molecule has 0 N–H and O–H groups in total. The van der Waals surface area contributed by atoms with Gasteiger partial charge in [-0.2, -0.15) is 0 Å². The molecular weight excluding hydrogens is 266 g/mol. The molecule has 1 saturated carbocycles. The van der Waals surface area contributed by atoms with Crippen LogP contribution in [-0.2, 0) is 4.79 Å². The third-order valence-corrected chi connectivity index (χ3v) is 5.18. The van der Waals surface area contributed by atoms with Crippen LogP contribution in [0.15, 0.2) is 0 Å². The van der Waals surface area contributed by atoms with Gasteiger partial charge in [0.25, 0.3) is 0 Å². The summed E-state index contributed by atoms with van der Waals surface area (Å²) in [6, 6.07) is 0.444. The molecule has 0 saturated heterocycles. The minimum atomic E-state index is -0.0355. The fourth-order valence-corrected chi connectivity index (χ4v) is 2.84. The molecule has 3 heteroatoms. The van der Waals surface area contributed by atoms with Gasteiger partial charge in [-0.3, -0.25) is 4.79 Å². The van der Waals surface area contributed by atoms with E-state index in [0.29, 0.717) is 17.9 Å². The zero-order valence-corrected chi connectivity index (χ0v) is 12.5. The highest BCUT2D eigenvalue weighted by molar-refractivity contribution is 9.10. The van der Waals surface area contributed by atoms with Gasteiger partial charge in [0.1, 0.15) is 0 Å². The lowest BCUT2D eigenvalue weighted by Gasteiger charge is -2.37. The Morgan fingerprint density at radius 3 is 2.38 bits per heavy atom. The molecule has 1 aliphatic rings. The molecule has 94 valence electrons. The Kier molecular flexibility index (Phi) is 5.29. The van der Waals surface area contributed by atoms with E-state index in [9.17, 15) is 4.79 Å². The molecular formula is C13H24BrNO. The van der Waals surface area contributed by atoms with Crippen molar-refractivity contribution in [2.75, 3.05) is 7.05 Å². The molecule has 0 aliphatic heterocycles. The van der Waals surface area contributed by atoms with E-state index in [0.717, 1.165) is 0 Å². The first-order valence-electron chi connectivity index (χ1n) is 6.36. The summed E-state index contributed by atoms with van der Waals surface area (Å²) < 4.78 is 0. The second-order valence-electron chi connectivity index (χ2n) is 5.42. The van der Waals surface area contributed by atoms with Crippen molar-refractivity contribution in [1.82, 2.24) is 4.90 Å². The SMILES string of the molecule is CC(C)C(Br)C(=O)N(C)C1CCCCC1C. The monoisotopic (exact) mass is 289 g/mol. The van der Waals surface area contributed by atoms with E-state index in [1.807, 2.05) is 11.9 Å². The molecule has 3 unspecified atom stereocenters. The number of carbonyl (C=O) groups excluding carboxylic acids is 1. The Labute approximate surface area is 108 Å². The molecule has 1 rings (SSSR count). The molecule has 16 heavy (non-hydrogen) atoms. The summed E-state index contributed by atoms with van der Waals surface area (Å²) in [7, 11) is 1.96. The summed E-state index contributed by atoms with van der Waals surface area (Å²) in [5, 5.41) is 0. The first-order chi connectivity index (χ1) is 7.45. The zero-order chi connectivity index (χ0) is 12.3. The molecule has 0 aromatic carbocycles. The standard InChI is InChI=1S/C13H24BrNO/c1-9(2)12(14)13(16)15(4)11-8-6-5-7-10(11)3/h9-12H,5-8H2,1-4H3. The topological polar surface area (TPSA) is 20.3 Å². The number of halogens is 1. The first-order valence-corrected chi connectivity index (χ1v) is 7.27. The van der Waals surface area contributed by atoms with Crippen molar-refractivity contribution in [3.8, 4) is 0 Å². The van der Waals surface area contributed by atoms with E-state index >= 15 is 0 Å². The molecule has 0 bridgehead atoms. The molecule has 0 heterocycles. The second-order valence-corrected chi connectivity index (χ2v) is 6.41. The maximum atomic E-state index is 12.2. The Bertz CT molecular complexity index is 242. The largest absolute Gasteiger partial charge is 0.342 e. The highest BCUT2D eigenvalue weighted by Crippen LogP contribution is 2.28. The highest BCUT2D eigenvalue weighted by atomic mass is 79.9. The second kappa shape index (κ2) is 6.04. The van der Waals surface area contributed by atoms with Crippen LogP contribution in [0.1, 0.15) is 46.5 Å². The van der Waals surface area contributed by atoms with Gasteiger partial charge in [-0.1, -0.05) is 49.5 Å². The van der Waals surface area contributed by atoms with Crippen LogP contribution in [0.4, 0.5) is 0 Å². The molecule has 1 fully saturated rings. The van der Waals surface area contributed by atoms with E-state index in [1.54, 1.807) is 0 Å². The number of hydrogen-bond acceptors (Lipinski definition) is 1. The average molecular weight is 290 g/mol. The molecule has 0 spiro atoms. The Hall–Kier alpha value is -0.0500. The molecule has 1 amide bonds. The van der Waals surface area contributed by atoms with Crippen molar-refractivity contribution in [3.63, 3.8) is 0 Å². The zero-order valence-electron chi connectivity index (χ0n) is 10.9. The van der Waals surface area contributed by atoms with Crippen LogP contribution in [0, 0.1) is 11.8 Å². The highest BCUT2D eigenvalue weighted by Gasteiger charge is 2.31. The van der Waals surface area contributed by atoms with E-state index in [4.69, 9.17) is 0 Å². The number of nitrogens with zero attached hydrogens (tertiary/aromatic N) is 1. The summed E-state index contributed by atoms with van der Waals surface area (Å²) in [4.78, 5) is 14.1. The van der Waals surface area contributed by atoms with Gasteiger partial charge >= 0.3 is 0 Å². The van der Waals surface area contributed by atoms with Gasteiger partial charge in [0, 0.05) is 13.1 Å². The normalized spacial score (nSPS) is 27.9. The molecule has 2 nitrogen and oxygen atoms in total. The molecule has 0 aromatic heterocycles. The van der Waals surface area contributed by atoms with Crippen LogP contribution >= 0.6 is 15.9 Å². The fraction of sp³-hybridized carbons (Fsp3) is 0.923. The van der Waals surface area contributed by atoms with Crippen molar-refractivity contribution in [2.24, 2.45) is 11.8 Å². The van der Waals surface area contributed by atoms with Gasteiger partial charge in [0.15, 0.2) is 0 Å². The van der Waals surface area contributed by atoms with E-state index in [1.165, 1.54) is 25.7 Å². The van der Waals surface area contributed by atoms with Crippen LogP contribution in [0.2, 0.25) is 0 Å². The predicted molar refractivity (Wildman–Crippen MR) is 71.7 cm³/mol. The number of rotatable bonds is 3. The Morgan fingerprint density at radius 1 is 1.31 bits per heavy atom. The van der Waals surface area contributed by atoms with Crippen LogP contribution in [-0.4, -0.2) is 28.7 Å². The number of hydrogen-bond donors (Lipinski definition) is 0. The quantitative estimate of drug-likeness (QED) is 0.729. The van der Waals surface area contributed by atoms with Crippen LogP contribution < -0.4 is 0 Å². The molecule has 1 aliphatic carbocycles.